The normalized spacial score (nSPS) is 10.4. The number of thiazole rings is 1. The van der Waals surface area contributed by atoms with Crippen LogP contribution in [0.2, 0.25) is 0 Å². The minimum atomic E-state index is -0.336. The minimum absolute atomic E-state index is 0.333. The minimum Gasteiger partial charge on any atom is -0.267 e. The highest BCUT2D eigenvalue weighted by atomic mass is 32.1. The SMILES string of the molecule is CCCc1nc(C)c(C(=O)NNC(=O)c2ccc(CC)cc2)s1. The molecule has 0 unspecified atom stereocenters. The number of benzene rings is 1. The van der Waals surface area contributed by atoms with E-state index in [1.165, 1.54) is 11.3 Å². The van der Waals surface area contributed by atoms with E-state index in [-0.39, 0.29) is 11.8 Å². The van der Waals surface area contributed by atoms with E-state index in [1.54, 1.807) is 19.1 Å². The molecule has 5 nitrogen and oxygen atoms in total. The maximum absolute atomic E-state index is 12.2. The van der Waals surface area contributed by atoms with E-state index in [1.807, 2.05) is 12.1 Å². The molecule has 6 heteroatoms. The molecule has 1 aromatic carbocycles. The number of nitrogens with zero attached hydrogens (tertiary/aromatic N) is 1. The molecule has 0 aliphatic heterocycles. The van der Waals surface area contributed by atoms with Gasteiger partial charge in [0.1, 0.15) is 4.88 Å². The molecule has 1 heterocycles. The molecule has 0 aliphatic rings. The standard InChI is InChI=1S/C17H21N3O2S/c1-4-6-14-18-11(3)15(23-14)17(22)20-19-16(21)13-9-7-12(5-2)8-10-13/h7-10H,4-6H2,1-3H3,(H,19,21)(H,20,22). The first-order chi connectivity index (χ1) is 11.0. The number of aromatic nitrogens is 1. The van der Waals surface area contributed by atoms with Crippen LogP contribution in [0.5, 0.6) is 0 Å². The van der Waals surface area contributed by atoms with Crippen LogP contribution in [0.3, 0.4) is 0 Å². The van der Waals surface area contributed by atoms with E-state index in [9.17, 15) is 9.59 Å². The van der Waals surface area contributed by atoms with Gasteiger partial charge in [-0.1, -0.05) is 26.0 Å². The lowest BCUT2D eigenvalue weighted by atomic mass is 10.1. The van der Waals surface area contributed by atoms with Crippen molar-refractivity contribution in [2.45, 2.75) is 40.0 Å². The molecule has 0 bridgehead atoms. The molecule has 0 radical (unpaired) electrons. The summed E-state index contributed by atoms with van der Waals surface area (Å²) < 4.78 is 0. The lowest BCUT2D eigenvalue weighted by Crippen LogP contribution is -2.41. The van der Waals surface area contributed by atoms with Crippen molar-refractivity contribution in [3.8, 4) is 0 Å². The molecule has 0 fully saturated rings. The smallest absolute Gasteiger partial charge is 0.267 e. The maximum atomic E-state index is 12.2. The van der Waals surface area contributed by atoms with Crippen molar-refractivity contribution >= 4 is 23.2 Å². The second kappa shape index (κ2) is 7.87. The van der Waals surface area contributed by atoms with Gasteiger partial charge in [-0.2, -0.15) is 0 Å². The van der Waals surface area contributed by atoms with Gasteiger partial charge in [-0.25, -0.2) is 4.98 Å². The summed E-state index contributed by atoms with van der Waals surface area (Å²) in [6, 6.07) is 7.30. The Morgan fingerprint density at radius 3 is 2.35 bits per heavy atom. The van der Waals surface area contributed by atoms with Crippen molar-refractivity contribution in [2.24, 2.45) is 0 Å². The van der Waals surface area contributed by atoms with Crippen LogP contribution in [0.4, 0.5) is 0 Å². The zero-order chi connectivity index (χ0) is 16.8. The molecule has 0 aliphatic carbocycles. The Kier molecular flexibility index (Phi) is 5.87. The highest BCUT2D eigenvalue weighted by Gasteiger charge is 2.16. The van der Waals surface area contributed by atoms with Gasteiger partial charge >= 0.3 is 0 Å². The van der Waals surface area contributed by atoms with Crippen molar-refractivity contribution < 1.29 is 9.59 Å². The van der Waals surface area contributed by atoms with Crippen LogP contribution in [0, 0.1) is 6.92 Å². The molecule has 0 saturated heterocycles. The van der Waals surface area contributed by atoms with Crippen molar-refractivity contribution in [3.63, 3.8) is 0 Å². The zero-order valence-electron chi connectivity index (χ0n) is 13.6. The molecule has 2 N–H and O–H groups in total. The summed E-state index contributed by atoms with van der Waals surface area (Å²) in [4.78, 5) is 29.1. The third-order valence-corrected chi connectivity index (χ3v) is 4.64. The predicted molar refractivity (Wildman–Crippen MR) is 91.6 cm³/mol. The molecule has 0 saturated carbocycles. The van der Waals surface area contributed by atoms with Crippen LogP contribution >= 0.6 is 11.3 Å². The fraction of sp³-hybridized carbons (Fsp3) is 0.353. The van der Waals surface area contributed by atoms with E-state index in [0.717, 1.165) is 29.8 Å². The van der Waals surface area contributed by atoms with Gasteiger partial charge in [0.05, 0.1) is 10.7 Å². The van der Waals surface area contributed by atoms with Gasteiger partial charge in [0.2, 0.25) is 0 Å². The zero-order valence-corrected chi connectivity index (χ0v) is 14.4. The van der Waals surface area contributed by atoms with Gasteiger partial charge < -0.3 is 0 Å². The number of rotatable bonds is 5. The first-order valence-electron chi connectivity index (χ1n) is 7.71. The van der Waals surface area contributed by atoms with Gasteiger partial charge in [-0.3, -0.25) is 20.4 Å². The lowest BCUT2D eigenvalue weighted by molar-refractivity contribution is 0.0848. The molecule has 2 rings (SSSR count). The number of amides is 2. The van der Waals surface area contributed by atoms with Crippen molar-refractivity contribution in [3.05, 3.63) is 51.0 Å². The summed E-state index contributed by atoms with van der Waals surface area (Å²) in [6.07, 6.45) is 2.76. The van der Waals surface area contributed by atoms with E-state index in [0.29, 0.717) is 16.1 Å². The summed E-state index contributed by atoms with van der Waals surface area (Å²) in [6.45, 7) is 5.93. The summed E-state index contributed by atoms with van der Waals surface area (Å²) in [5.74, 6) is -0.669. The largest absolute Gasteiger partial charge is 0.281 e. The Bertz CT molecular complexity index is 692. The highest BCUT2D eigenvalue weighted by molar-refractivity contribution is 7.13. The Morgan fingerprint density at radius 2 is 1.74 bits per heavy atom. The molecule has 2 amide bonds. The maximum Gasteiger partial charge on any atom is 0.281 e. The summed E-state index contributed by atoms with van der Waals surface area (Å²) >= 11 is 1.37. The topological polar surface area (TPSA) is 71.1 Å². The number of hydrogen-bond acceptors (Lipinski definition) is 4. The quantitative estimate of drug-likeness (QED) is 0.827. The van der Waals surface area contributed by atoms with Crippen LogP contribution in [-0.2, 0) is 12.8 Å². The number of nitrogens with one attached hydrogen (secondary N) is 2. The highest BCUT2D eigenvalue weighted by Crippen LogP contribution is 2.19. The summed E-state index contributed by atoms with van der Waals surface area (Å²) in [7, 11) is 0. The van der Waals surface area contributed by atoms with Crippen LogP contribution < -0.4 is 10.9 Å². The first kappa shape index (κ1) is 17.1. The molecule has 1 aromatic heterocycles. The van der Waals surface area contributed by atoms with E-state index < -0.39 is 0 Å². The molecule has 2 aromatic rings. The van der Waals surface area contributed by atoms with Crippen LogP contribution in [-0.4, -0.2) is 16.8 Å². The summed E-state index contributed by atoms with van der Waals surface area (Å²) in [5.41, 5.74) is 7.26. The third-order valence-electron chi connectivity index (χ3n) is 3.42. The van der Waals surface area contributed by atoms with Crippen LogP contribution in [0.15, 0.2) is 24.3 Å². The van der Waals surface area contributed by atoms with Gasteiger partial charge in [0, 0.05) is 5.56 Å². The number of aryl methyl sites for hydroxylation is 3. The van der Waals surface area contributed by atoms with Crippen molar-refractivity contribution in [1.29, 1.82) is 0 Å². The number of carbonyl (C=O) groups is 2. The molecule has 23 heavy (non-hydrogen) atoms. The van der Waals surface area contributed by atoms with E-state index >= 15 is 0 Å². The average molecular weight is 331 g/mol. The fourth-order valence-corrected chi connectivity index (χ4v) is 3.18. The Morgan fingerprint density at radius 1 is 1.09 bits per heavy atom. The fourth-order valence-electron chi connectivity index (χ4n) is 2.12. The molecular formula is C17H21N3O2S. The Balaban J connectivity index is 1.96. The van der Waals surface area contributed by atoms with Crippen molar-refractivity contribution in [2.75, 3.05) is 0 Å². The Hall–Kier alpha value is -2.21. The second-order valence-corrected chi connectivity index (χ2v) is 6.31. The number of carbonyl (C=O) groups excluding carboxylic acids is 2. The van der Waals surface area contributed by atoms with E-state index in [2.05, 4.69) is 29.7 Å². The summed E-state index contributed by atoms with van der Waals surface area (Å²) in [5, 5.41) is 0.941. The number of hydrazine groups is 1. The predicted octanol–water partition coefficient (Wildman–Crippen LogP) is 3.04. The van der Waals surface area contributed by atoms with Gasteiger partial charge in [0.25, 0.3) is 11.8 Å². The Labute approximate surface area is 140 Å². The molecule has 0 spiro atoms. The lowest BCUT2D eigenvalue weighted by Gasteiger charge is -2.07. The monoisotopic (exact) mass is 331 g/mol. The average Bonchev–Trinajstić information content (AvgIpc) is 2.93. The molecule has 122 valence electrons. The van der Waals surface area contributed by atoms with Crippen molar-refractivity contribution in [1.82, 2.24) is 15.8 Å². The van der Waals surface area contributed by atoms with Gasteiger partial charge in [-0.05, 0) is 43.9 Å². The van der Waals surface area contributed by atoms with Gasteiger partial charge in [-0.15, -0.1) is 11.3 Å². The van der Waals surface area contributed by atoms with Gasteiger partial charge in [0.15, 0.2) is 0 Å². The van der Waals surface area contributed by atoms with Crippen LogP contribution in [0.1, 0.15) is 56.6 Å². The first-order valence-corrected chi connectivity index (χ1v) is 8.52. The van der Waals surface area contributed by atoms with Crippen LogP contribution in [0.25, 0.3) is 0 Å². The second-order valence-electron chi connectivity index (χ2n) is 5.23. The number of hydrogen-bond donors (Lipinski definition) is 2. The molecule has 0 atom stereocenters. The van der Waals surface area contributed by atoms with E-state index in [4.69, 9.17) is 0 Å². The third kappa shape index (κ3) is 4.39. The molecular weight excluding hydrogens is 310 g/mol.